The third kappa shape index (κ3) is 7.22. The van der Waals surface area contributed by atoms with Gasteiger partial charge in [0.05, 0.1) is 10.2 Å². The molecule has 2 N–H and O–H groups in total. The number of rotatable bonds is 9. The van der Waals surface area contributed by atoms with Crippen LogP contribution in [-0.2, 0) is 21.0 Å². The first kappa shape index (κ1) is 30.2. The lowest BCUT2D eigenvalue weighted by Crippen LogP contribution is -2.54. The van der Waals surface area contributed by atoms with Crippen molar-refractivity contribution in [2.75, 3.05) is 16.8 Å². The number of hydrogen-bond acceptors (Lipinski definition) is 6. The minimum Gasteiger partial charge on any atom is -0.489 e. The normalized spacial score (nSPS) is 13.9. The third-order valence-corrected chi connectivity index (χ3v) is 7.36. The summed E-state index contributed by atoms with van der Waals surface area (Å²) < 4.78 is 12.0. The van der Waals surface area contributed by atoms with Crippen LogP contribution in [0.15, 0.2) is 101 Å². The quantitative estimate of drug-likeness (QED) is 0.161. The first-order chi connectivity index (χ1) is 21.2. The molecule has 1 saturated heterocycles. The van der Waals surface area contributed by atoms with Crippen LogP contribution in [0, 0.1) is 13.8 Å². The van der Waals surface area contributed by atoms with E-state index in [1.165, 1.54) is 6.08 Å². The molecular formula is C34H28BrN3O6. The number of halogens is 1. The van der Waals surface area contributed by atoms with Crippen molar-refractivity contribution < 1.29 is 28.7 Å². The SMILES string of the molecule is Cc1ccc(C)c(NC(=O)COc2ccc(/C=C3/C(=O)NC(=O)N(c4ccc(OCc5ccccc5)cc4)C3=O)cc2Br)c1. The highest BCUT2D eigenvalue weighted by molar-refractivity contribution is 9.10. The zero-order chi connectivity index (χ0) is 31.2. The van der Waals surface area contributed by atoms with E-state index in [0.717, 1.165) is 27.3 Å². The number of nitrogens with one attached hydrogen (secondary N) is 2. The van der Waals surface area contributed by atoms with Crippen LogP contribution in [0.2, 0.25) is 0 Å². The summed E-state index contributed by atoms with van der Waals surface area (Å²) in [6.45, 7) is 4.00. The average Bonchev–Trinajstić information content (AvgIpc) is 3.00. The molecular weight excluding hydrogens is 626 g/mol. The largest absolute Gasteiger partial charge is 0.489 e. The van der Waals surface area contributed by atoms with Crippen LogP contribution < -0.4 is 25.0 Å². The Balaban J connectivity index is 1.25. The second kappa shape index (κ2) is 13.4. The molecule has 4 aromatic carbocycles. The number of carbonyl (C=O) groups excluding carboxylic acids is 4. The first-order valence-corrected chi connectivity index (χ1v) is 14.4. The summed E-state index contributed by atoms with van der Waals surface area (Å²) in [6, 6.07) is 25.9. The fourth-order valence-corrected chi connectivity index (χ4v) is 4.93. The number of ether oxygens (including phenoxy) is 2. The maximum Gasteiger partial charge on any atom is 0.335 e. The molecule has 0 spiro atoms. The Kier molecular flexibility index (Phi) is 9.20. The molecule has 0 saturated carbocycles. The van der Waals surface area contributed by atoms with Crippen LogP contribution in [0.25, 0.3) is 6.08 Å². The van der Waals surface area contributed by atoms with Crippen molar-refractivity contribution >= 4 is 57.1 Å². The number of carbonyl (C=O) groups is 4. The molecule has 0 radical (unpaired) electrons. The highest BCUT2D eigenvalue weighted by atomic mass is 79.9. The van der Waals surface area contributed by atoms with Gasteiger partial charge < -0.3 is 14.8 Å². The van der Waals surface area contributed by atoms with Crippen LogP contribution in [0.1, 0.15) is 22.3 Å². The van der Waals surface area contributed by atoms with Gasteiger partial charge in [0.1, 0.15) is 23.7 Å². The van der Waals surface area contributed by atoms with Gasteiger partial charge in [-0.3, -0.25) is 19.7 Å². The molecule has 1 fully saturated rings. The smallest absolute Gasteiger partial charge is 0.335 e. The molecule has 1 aliphatic heterocycles. The Bertz CT molecular complexity index is 1770. The number of nitrogens with zero attached hydrogens (tertiary/aromatic N) is 1. The number of amides is 5. The van der Waals surface area contributed by atoms with Crippen molar-refractivity contribution in [2.45, 2.75) is 20.5 Å². The second-order valence-corrected chi connectivity index (χ2v) is 10.9. The van der Waals surface area contributed by atoms with Crippen LogP contribution in [0.4, 0.5) is 16.2 Å². The Morgan fingerprint density at radius 3 is 2.39 bits per heavy atom. The van der Waals surface area contributed by atoms with E-state index in [4.69, 9.17) is 9.47 Å². The van der Waals surface area contributed by atoms with Crippen molar-refractivity contribution in [1.29, 1.82) is 0 Å². The zero-order valence-electron chi connectivity index (χ0n) is 23.9. The van der Waals surface area contributed by atoms with E-state index < -0.39 is 17.8 Å². The first-order valence-electron chi connectivity index (χ1n) is 13.7. The highest BCUT2D eigenvalue weighted by Crippen LogP contribution is 2.29. The number of hydrogen-bond donors (Lipinski definition) is 2. The number of benzene rings is 4. The molecule has 0 aliphatic carbocycles. The summed E-state index contributed by atoms with van der Waals surface area (Å²) in [5.41, 5.74) is 4.24. The fourth-order valence-electron chi connectivity index (χ4n) is 4.41. The summed E-state index contributed by atoms with van der Waals surface area (Å²) >= 11 is 3.42. The van der Waals surface area contributed by atoms with Crippen molar-refractivity contribution in [3.63, 3.8) is 0 Å². The van der Waals surface area contributed by atoms with E-state index >= 15 is 0 Å². The number of aryl methyl sites for hydroxylation is 2. The highest BCUT2D eigenvalue weighted by Gasteiger charge is 2.36. The number of imide groups is 2. The zero-order valence-corrected chi connectivity index (χ0v) is 25.5. The monoisotopic (exact) mass is 653 g/mol. The molecule has 0 bridgehead atoms. The van der Waals surface area contributed by atoms with Crippen LogP contribution in [-0.4, -0.2) is 30.4 Å². The second-order valence-electron chi connectivity index (χ2n) is 10.1. The van der Waals surface area contributed by atoms with Crippen molar-refractivity contribution in [1.82, 2.24) is 5.32 Å². The topological polar surface area (TPSA) is 114 Å². The molecule has 5 rings (SSSR count). The molecule has 4 aromatic rings. The molecule has 0 aromatic heterocycles. The van der Waals surface area contributed by atoms with Gasteiger partial charge in [0.2, 0.25) is 0 Å². The molecule has 44 heavy (non-hydrogen) atoms. The molecule has 1 heterocycles. The molecule has 0 unspecified atom stereocenters. The number of urea groups is 1. The standard InChI is InChI=1S/C34H28BrN3O6/c1-21-8-9-22(2)29(16-21)36-31(39)20-44-30-15-10-24(18-28(30)35)17-27-32(40)37-34(42)38(33(27)41)25-11-13-26(14-12-25)43-19-23-6-4-3-5-7-23/h3-18H,19-20H2,1-2H3,(H,36,39)(H,37,40,42)/b27-17-. The lowest BCUT2D eigenvalue weighted by Gasteiger charge is -2.26. The van der Waals surface area contributed by atoms with Gasteiger partial charge in [0, 0.05) is 5.69 Å². The Hall–Kier alpha value is -5.22. The summed E-state index contributed by atoms with van der Waals surface area (Å²) in [4.78, 5) is 52.0. The molecule has 5 amide bonds. The number of barbiturate groups is 1. The van der Waals surface area contributed by atoms with Crippen molar-refractivity contribution in [3.05, 3.63) is 123 Å². The number of anilines is 2. The predicted molar refractivity (Wildman–Crippen MR) is 170 cm³/mol. The summed E-state index contributed by atoms with van der Waals surface area (Å²) in [5.74, 6) is -0.935. The molecule has 222 valence electrons. The lowest BCUT2D eigenvalue weighted by molar-refractivity contribution is -0.122. The van der Waals surface area contributed by atoms with Gasteiger partial charge in [0.25, 0.3) is 17.7 Å². The van der Waals surface area contributed by atoms with Gasteiger partial charge in [-0.1, -0.05) is 48.5 Å². The minimum atomic E-state index is -0.848. The van der Waals surface area contributed by atoms with Gasteiger partial charge in [0.15, 0.2) is 6.61 Å². The Morgan fingerprint density at radius 2 is 1.66 bits per heavy atom. The maximum atomic E-state index is 13.3. The van der Waals surface area contributed by atoms with E-state index in [9.17, 15) is 19.2 Å². The van der Waals surface area contributed by atoms with E-state index in [0.29, 0.717) is 28.1 Å². The van der Waals surface area contributed by atoms with Gasteiger partial charge in [-0.05, 0) is 101 Å². The molecule has 10 heteroatoms. The molecule has 0 atom stereocenters. The van der Waals surface area contributed by atoms with Gasteiger partial charge in [-0.15, -0.1) is 0 Å². The average molecular weight is 655 g/mol. The summed E-state index contributed by atoms with van der Waals surface area (Å²) in [6.07, 6.45) is 1.39. The van der Waals surface area contributed by atoms with E-state index in [1.54, 1.807) is 42.5 Å². The third-order valence-electron chi connectivity index (χ3n) is 6.74. The van der Waals surface area contributed by atoms with Crippen molar-refractivity contribution in [2.24, 2.45) is 0 Å². The fraction of sp³-hybridized carbons (Fsp3) is 0.118. The lowest BCUT2D eigenvalue weighted by atomic mass is 10.1. The van der Waals surface area contributed by atoms with Gasteiger partial charge in [-0.2, -0.15) is 0 Å². The van der Waals surface area contributed by atoms with Gasteiger partial charge in [-0.25, -0.2) is 9.69 Å². The molecule has 1 aliphatic rings. The van der Waals surface area contributed by atoms with E-state index in [-0.39, 0.29) is 23.8 Å². The summed E-state index contributed by atoms with van der Waals surface area (Å²) in [7, 11) is 0. The Morgan fingerprint density at radius 1 is 0.909 bits per heavy atom. The van der Waals surface area contributed by atoms with Crippen molar-refractivity contribution in [3.8, 4) is 11.5 Å². The summed E-state index contributed by atoms with van der Waals surface area (Å²) in [5, 5.41) is 5.07. The van der Waals surface area contributed by atoms with E-state index in [1.807, 2.05) is 62.4 Å². The Labute approximate surface area is 262 Å². The van der Waals surface area contributed by atoms with Crippen LogP contribution >= 0.6 is 15.9 Å². The van der Waals surface area contributed by atoms with E-state index in [2.05, 4.69) is 26.6 Å². The minimum absolute atomic E-state index is 0.220. The van der Waals surface area contributed by atoms with Crippen LogP contribution in [0.5, 0.6) is 11.5 Å². The maximum absolute atomic E-state index is 13.3. The van der Waals surface area contributed by atoms with Gasteiger partial charge >= 0.3 is 6.03 Å². The predicted octanol–water partition coefficient (Wildman–Crippen LogP) is 6.33. The van der Waals surface area contributed by atoms with Crippen LogP contribution in [0.3, 0.4) is 0 Å². The molecule has 9 nitrogen and oxygen atoms in total.